The Morgan fingerprint density at radius 3 is 3.05 bits per heavy atom. The number of nitrogens with two attached hydrogens (primary N) is 1. The maximum Gasteiger partial charge on any atom is 0.253 e. The van der Waals surface area contributed by atoms with Crippen molar-refractivity contribution < 1.29 is 9.18 Å². The average Bonchev–Trinajstić information content (AvgIpc) is 2.92. The normalized spacial score (nSPS) is 12.1. The number of halogens is 1. The fourth-order valence-electron chi connectivity index (χ4n) is 1.63. The minimum absolute atomic E-state index is 0.110. The Labute approximate surface area is 114 Å². The summed E-state index contributed by atoms with van der Waals surface area (Å²) >= 11 is 1.54. The van der Waals surface area contributed by atoms with E-state index in [0.717, 1.165) is 11.1 Å². The van der Waals surface area contributed by atoms with E-state index in [4.69, 9.17) is 5.73 Å². The lowest BCUT2D eigenvalue weighted by molar-refractivity contribution is 0.0952. The number of anilines is 1. The summed E-state index contributed by atoms with van der Waals surface area (Å²) in [5, 5.41) is 5.57. The van der Waals surface area contributed by atoms with Crippen LogP contribution in [-0.2, 0) is 0 Å². The van der Waals surface area contributed by atoms with Crippen molar-refractivity contribution in [1.82, 2.24) is 10.3 Å². The quantitative estimate of drug-likeness (QED) is 0.844. The first-order valence-corrected chi connectivity index (χ1v) is 6.68. The molecule has 0 fully saturated rings. The smallest absolute Gasteiger partial charge is 0.253 e. The van der Waals surface area contributed by atoms with E-state index in [2.05, 4.69) is 10.3 Å². The van der Waals surface area contributed by atoms with Gasteiger partial charge in [-0.1, -0.05) is 6.92 Å². The van der Waals surface area contributed by atoms with Crippen LogP contribution in [0.3, 0.4) is 0 Å². The van der Waals surface area contributed by atoms with Crippen molar-refractivity contribution in [2.45, 2.75) is 12.8 Å². The molecule has 0 spiro atoms. The van der Waals surface area contributed by atoms with E-state index in [1.54, 1.807) is 6.20 Å². The molecular weight excluding hydrogens is 265 g/mol. The second kappa shape index (κ2) is 5.79. The zero-order valence-electron chi connectivity index (χ0n) is 10.4. The van der Waals surface area contributed by atoms with Crippen molar-refractivity contribution in [3.63, 3.8) is 0 Å². The molecule has 1 unspecified atom stereocenters. The highest BCUT2D eigenvalue weighted by Gasteiger charge is 2.13. The van der Waals surface area contributed by atoms with Crippen LogP contribution in [-0.4, -0.2) is 17.4 Å². The molecule has 0 bridgehead atoms. The van der Waals surface area contributed by atoms with Gasteiger partial charge in [-0.3, -0.25) is 4.79 Å². The van der Waals surface area contributed by atoms with E-state index in [-0.39, 0.29) is 23.1 Å². The van der Waals surface area contributed by atoms with Crippen LogP contribution in [0.15, 0.2) is 29.8 Å². The average molecular weight is 279 g/mol. The first-order valence-electron chi connectivity index (χ1n) is 5.80. The van der Waals surface area contributed by atoms with Gasteiger partial charge in [-0.05, 0) is 18.2 Å². The number of carbonyl (C=O) groups excluding carboxylic acids is 1. The van der Waals surface area contributed by atoms with Crippen molar-refractivity contribution in [2.24, 2.45) is 0 Å². The molecular formula is C13H14FN3OS. The lowest BCUT2D eigenvalue weighted by atomic mass is 10.1. The number of aromatic nitrogens is 1. The van der Waals surface area contributed by atoms with Gasteiger partial charge in [0.2, 0.25) is 0 Å². The van der Waals surface area contributed by atoms with Gasteiger partial charge in [0.25, 0.3) is 5.91 Å². The highest BCUT2D eigenvalue weighted by atomic mass is 32.1. The number of nitrogen functional groups attached to an aromatic ring is 1. The fourth-order valence-corrected chi connectivity index (χ4v) is 2.33. The van der Waals surface area contributed by atoms with E-state index in [1.807, 2.05) is 12.3 Å². The molecule has 2 aromatic rings. The Morgan fingerprint density at radius 1 is 1.58 bits per heavy atom. The highest BCUT2D eigenvalue weighted by molar-refractivity contribution is 7.09. The van der Waals surface area contributed by atoms with Gasteiger partial charge < -0.3 is 11.1 Å². The van der Waals surface area contributed by atoms with Gasteiger partial charge >= 0.3 is 0 Å². The Bertz CT molecular complexity index is 571. The van der Waals surface area contributed by atoms with Gasteiger partial charge in [0.15, 0.2) is 0 Å². The van der Waals surface area contributed by atoms with Crippen LogP contribution < -0.4 is 11.1 Å². The largest absolute Gasteiger partial charge is 0.398 e. The molecule has 1 aromatic carbocycles. The maximum absolute atomic E-state index is 13.1. The van der Waals surface area contributed by atoms with Crippen molar-refractivity contribution in [1.29, 1.82) is 0 Å². The molecule has 4 nitrogen and oxygen atoms in total. The zero-order valence-corrected chi connectivity index (χ0v) is 11.2. The molecule has 19 heavy (non-hydrogen) atoms. The second-order valence-electron chi connectivity index (χ2n) is 4.21. The monoisotopic (exact) mass is 279 g/mol. The summed E-state index contributed by atoms with van der Waals surface area (Å²) in [5.74, 6) is -0.744. The van der Waals surface area contributed by atoms with Crippen LogP contribution in [0.5, 0.6) is 0 Å². The molecule has 1 aromatic heterocycles. The number of amides is 1. The summed E-state index contributed by atoms with van der Waals surface area (Å²) in [7, 11) is 0. The Hall–Kier alpha value is -1.95. The number of hydrogen-bond acceptors (Lipinski definition) is 4. The first-order chi connectivity index (χ1) is 9.08. The molecule has 0 saturated carbocycles. The van der Waals surface area contributed by atoms with E-state index in [9.17, 15) is 9.18 Å². The molecule has 1 atom stereocenters. The van der Waals surface area contributed by atoms with Gasteiger partial charge in [-0.2, -0.15) is 0 Å². The number of rotatable bonds is 4. The SMILES string of the molecule is CC(CNC(=O)c1cc(F)ccc1N)c1nccs1. The number of nitrogens with one attached hydrogen (secondary N) is 1. The third-order valence-corrected chi connectivity index (χ3v) is 3.71. The van der Waals surface area contributed by atoms with Crippen LogP contribution in [0.4, 0.5) is 10.1 Å². The molecule has 0 aliphatic heterocycles. The number of carbonyl (C=O) groups is 1. The molecule has 2 rings (SSSR count). The summed E-state index contributed by atoms with van der Waals surface area (Å²) in [6, 6.07) is 3.75. The van der Waals surface area contributed by atoms with Crippen LogP contribution >= 0.6 is 11.3 Å². The number of benzene rings is 1. The third kappa shape index (κ3) is 3.29. The first kappa shape index (κ1) is 13.5. The van der Waals surface area contributed by atoms with Crippen LogP contribution in [0, 0.1) is 5.82 Å². The van der Waals surface area contributed by atoms with Crippen LogP contribution in [0.1, 0.15) is 28.2 Å². The van der Waals surface area contributed by atoms with Gasteiger partial charge in [0, 0.05) is 29.7 Å². The molecule has 0 saturated heterocycles. The summed E-state index contributed by atoms with van der Waals surface area (Å²) in [6.07, 6.45) is 1.73. The van der Waals surface area contributed by atoms with Gasteiger partial charge in [0.1, 0.15) is 5.82 Å². The van der Waals surface area contributed by atoms with Crippen molar-refractivity contribution in [2.75, 3.05) is 12.3 Å². The van der Waals surface area contributed by atoms with Crippen molar-refractivity contribution >= 4 is 22.9 Å². The molecule has 0 radical (unpaired) electrons. The summed E-state index contributed by atoms with van der Waals surface area (Å²) < 4.78 is 13.1. The van der Waals surface area contributed by atoms with Crippen LogP contribution in [0.2, 0.25) is 0 Å². The van der Waals surface area contributed by atoms with E-state index < -0.39 is 5.82 Å². The fraction of sp³-hybridized carbons (Fsp3) is 0.231. The van der Waals surface area contributed by atoms with Gasteiger partial charge in [0.05, 0.1) is 10.6 Å². The standard InChI is InChI=1S/C13H14FN3OS/c1-8(13-16-4-5-19-13)7-17-12(18)10-6-9(14)2-3-11(10)15/h2-6,8H,7,15H2,1H3,(H,17,18). The van der Waals surface area contributed by atoms with E-state index in [0.29, 0.717) is 6.54 Å². The molecule has 1 heterocycles. The van der Waals surface area contributed by atoms with Gasteiger partial charge in [-0.15, -0.1) is 11.3 Å². The van der Waals surface area contributed by atoms with E-state index >= 15 is 0 Å². The zero-order chi connectivity index (χ0) is 13.8. The molecule has 0 aliphatic rings. The van der Waals surface area contributed by atoms with Crippen molar-refractivity contribution in [3.8, 4) is 0 Å². The minimum atomic E-state index is -0.479. The number of thiazole rings is 1. The number of nitrogens with zero attached hydrogens (tertiary/aromatic N) is 1. The molecule has 100 valence electrons. The molecule has 3 N–H and O–H groups in total. The predicted octanol–water partition coefficient (Wildman–Crippen LogP) is 2.40. The Morgan fingerprint density at radius 2 is 2.37 bits per heavy atom. The van der Waals surface area contributed by atoms with Crippen LogP contribution in [0.25, 0.3) is 0 Å². The minimum Gasteiger partial charge on any atom is -0.398 e. The summed E-state index contributed by atoms with van der Waals surface area (Å²) in [5.41, 5.74) is 6.08. The third-order valence-electron chi connectivity index (χ3n) is 2.70. The maximum atomic E-state index is 13.1. The van der Waals surface area contributed by atoms with Crippen molar-refractivity contribution in [3.05, 3.63) is 46.2 Å². The molecule has 0 aliphatic carbocycles. The summed E-state index contributed by atoms with van der Waals surface area (Å²) in [6.45, 7) is 2.40. The topological polar surface area (TPSA) is 68.0 Å². The Kier molecular flexibility index (Phi) is 4.11. The van der Waals surface area contributed by atoms with Gasteiger partial charge in [-0.25, -0.2) is 9.37 Å². The van der Waals surface area contributed by atoms with E-state index in [1.165, 1.54) is 23.5 Å². The highest BCUT2D eigenvalue weighted by Crippen LogP contribution is 2.17. The second-order valence-corrected chi connectivity index (χ2v) is 5.14. The lowest BCUT2D eigenvalue weighted by Crippen LogP contribution is -2.28. The number of hydrogen-bond donors (Lipinski definition) is 2. The Balaban J connectivity index is 2.00. The summed E-state index contributed by atoms with van der Waals surface area (Å²) in [4.78, 5) is 16.1. The predicted molar refractivity (Wildman–Crippen MR) is 73.7 cm³/mol. The molecule has 6 heteroatoms. The lowest BCUT2D eigenvalue weighted by Gasteiger charge is -2.11. The molecule has 1 amide bonds.